The SMILES string of the molecule is CCC1CN(Cc2cn[nH]c2N)C1. The van der Waals surface area contributed by atoms with E-state index in [4.69, 9.17) is 5.73 Å². The van der Waals surface area contributed by atoms with E-state index in [2.05, 4.69) is 22.0 Å². The Morgan fingerprint density at radius 1 is 1.69 bits per heavy atom. The van der Waals surface area contributed by atoms with E-state index in [-0.39, 0.29) is 0 Å². The molecule has 1 aromatic rings. The molecule has 1 saturated heterocycles. The third kappa shape index (κ3) is 1.67. The van der Waals surface area contributed by atoms with Gasteiger partial charge in [-0.05, 0) is 5.92 Å². The van der Waals surface area contributed by atoms with Gasteiger partial charge >= 0.3 is 0 Å². The summed E-state index contributed by atoms with van der Waals surface area (Å²) >= 11 is 0. The number of anilines is 1. The Bertz CT molecular complexity index is 275. The Morgan fingerprint density at radius 2 is 2.46 bits per heavy atom. The number of nitrogens with zero attached hydrogens (tertiary/aromatic N) is 2. The predicted octanol–water partition coefficient (Wildman–Crippen LogP) is 0.834. The van der Waals surface area contributed by atoms with Crippen molar-refractivity contribution in [2.24, 2.45) is 5.92 Å². The molecule has 0 bridgehead atoms. The fourth-order valence-electron chi connectivity index (χ4n) is 1.75. The number of hydrogen-bond donors (Lipinski definition) is 2. The fourth-order valence-corrected chi connectivity index (χ4v) is 1.75. The van der Waals surface area contributed by atoms with Crippen molar-refractivity contribution in [2.75, 3.05) is 18.8 Å². The number of nitrogens with one attached hydrogen (secondary N) is 1. The van der Waals surface area contributed by atoms with Crippen molar-refractivity contribution in [3.8, 4) is 0 Å². The zero-order valence-electron chi connectivity index (χ0n) is 7.95. The molecule has 0 saturated carbocycles. The lowest BCUT2D eigenvalue weighted by molar-refractivity contribution is 0.0901. The molecule has 0 unspecified atom stereocenters. The van der Waals surface area contributed by atoms with Gasteiger partial charge in [0.2, 0.25) is 0 Å². The first-order valence-corrected chi connectivity index (χ1v) is 4.79. The largest absolute Gasteiger partial charge is 0.384 e. The summed E-state index contributed by atoms with van der Waals surface area (Å²) in [5.74, 6) is 1.60. The molecule has 0 amide bonds. The number of H-pyrrole nitrogens is 1. The Hall–Kier alpha value is -1.03. The second kappa shape index (κ2) is 3.38. The van der Waals surface area contributed by atoms with Crippen molar-refractivity contribution >= 4 is 5.82 Å². The molecule has 0 aliphatic carbocycles. The number of nitrogen functional groups attached to an aromatic ring is 1. The highest BCUT2D eigenvalue weighted by molar-refractivity contribution is 5.36. The van der Waals surface area contributed by atoms with E-state index >= 15 is 0 Å². The van der Waals surface area contributed by atoms with Gasteiger partial charge in [-0.1, -0.05) is 13.3 Å². The van der Waals surface area contributed by atoms with E-state index in [0.29, 0.717) is 5.82 Å². The molecule has 1 aromatic heterocycles. The molecule has 1 aliphatic heterocycles. The quantitative estimate of drug-likeness (QED) is 0.724. The van der Waals surface area contributed by atoms with Crippen molar-refractivity contribution in [3.63, 3.8) is 0 Å². The minimum Gasteiger partial charge on any atom is -0.384 e. The Kier molecular flexibility index (Phi) is 2.22. The maximum Gasteiger partial charge on any atom is 0.123 e. The van der Waals surface area contributed by atoms with E-state index in [1.54, 1.807) is 0 Å². The summed E-state index contributed by atoms with van der Waals surface area (Å²) < 4.78 is 0. The number of aromatic nitrogens is 2. The van der Waals surface area contributed by atoms with Crippen LogP contribution in [0.1, 0.15) is 18.9 Å². The van der Waals surface area contributed by atoms with Gasteiger partial charge in [0.15, 0.2) is 0 Å². The predicted molar refractivity (Wildman–Crippen MR) is 52.1 cm³/mol. The zero-order valence-corrected chi connectivity index (χ0v) is 7.95. The Labute approximate surface area is 78.1 Å². The number of nitrogens with two attached hydrogens (primary N) is 1. The summed E-state index contributed by atoms with van der Waals surface area (Å²) in [5, 5.41) is 6.64. The van der Waals surface area contributed by atoms with Gasteiger partial charge in [-0.15, -0.1) is 0 Å². The van der Waals surface area contributed by atoms with E-state index in [1.807, 2.05) is 6.20 Å². The molecule has 72 valence electrons. The van der Waals surface area contributed by atoms with Crippen LogP contribution in [-0.2, 0) is 6.54 Å². The van der Waals surface area contributed by atoms with Crippen LogP contribution in [0.2, 0.25) is 0 Å². The van der Waals surface area contributed by atoms with Gasteiger partial charge in [-0.3, -0.25) is 10.00 Å². The Morgan fingerprint density at radius 3 is 3.00 bits per heavy atom. The average Bonchev–Trinajstić information content (AvgIpc) is 2.43. The molecule has 13 heavy (non-hydrogen) atoms. The van der Waals surface area contributed by atoms with Crippen molar-refractivity contribution in [1.82, 2.24) is 15.1 Å². The molecule has 3 N–H and O–H groups in total. The molecule has 2 rings (SSSR count). The van der Waals surface area contributed by atoms with Gasteiger partial charge in [-0.25, -0.2) is 0 Å². The minimum absolute atomic E-state index is 0.708. The monoisotopic (exact) mass is 180 g/mol. The molecule has 4 nitrogen and oxygen atoms in total. The van der Waals surface area contributed by atoms with Crippen molar-refractivity contribution < 1.29 is 0 Å². The normalized spacial score (nSPS) is 18.8. The van der Waals surface area contributed by atoms with Crippen LogP contribution in [0.5, 0.6) is 0 Å². The van der Waals surface area contributed by atoms with Crippen LogP contribution in [0.3, 0.4) is 0 Å². The summed E-state index contributed by atoms with van der Waals surface area (Å²) in [6.45, 7) is 5.61. The lowest BCUT2D eigenvalue weighted by atomic mass is 9.97. The van der Waals surface area contributed by atoms with E-state index in [1.165, 1.54) is 19.5 Å². The van der Waals surface area contributed by atoms with E-state index in [0.717, 1.165) is 18.0 Å². The highest BCUT2D eigenvalue weighted by Crippen LogP contribution is 2.21. The third-order valence-corrected chi connectivity index (χ3v) is 2.76. The van der Waals surface area contributed by atoms with Crippen LogP contribution < -0.4 is 5.73 Å². The van der Waals surface area contributed by atoms with Gasteiger partial charge < -0.3 is 5.73 Å². The number of aromatic amines is 1. The lowest BCUT2D eigenvalue weighted by Gasteiger charge is -2.38. The highest BCUT2D eigenvalue weighted by atomic mass is 15.2. The summed E-state index contributed by atoms with van der Waals surface area (Å²) in [7, 11) is 0. The summed E-state index contributed by atoms with van der Waals surface area (Å²) in [4.78, 5) is 2.40. The molecule has 1 fully saturated rings. The molecule has 2 heterocycles. The van der Waals surface area contributed by atoms with E-state index in [9.17, 15) is 0 Å². The van der Waals surface area contributed by atoms with Crippen molar-refractivity contribution in [1.29, 1.82) is 0 Å². The summed E-state index contributed by atoms with van der Waals surface area (Å²) in [5.41, 5.74) is 6.81. The highest BCUT2D eigenvalue weighted by Gasteiger charge is 2.25. The fraction of sp³-hybridized carbons (Fsp3) is 0.667. The van der Waals surface area contributed by atoms with E-state index < -0.39 is 0 Å². The van der Waals surface area contributed by atoms with Crippen LogP contribution >= 0.6 is 0 Å². The van der Waals surface area contributed by atoms with Crippen LogP contribution in [-0.4, -0.2) is 28.2 Å². The minimum atomic E-state index is 0.708. The van der Waals surface area contributed by atoms with Crippen molar-refractivity contribution in [3.05, 3.63) is 11.8 Å². The maximum atomic E-state index is 5.69. The maximum absolute atomic E-state index is 5.69. The van der Waals surface area contributed by atoms with Gasteiger partial charge in [0.25, 0.3) is 0 Å². The zero-order chi connectivity index (χ0) is 9.26. The first-order chi connectivity index (χ1) is 6.29. The lowest BCUT2D eigenvalue weighted by Crippen LogP contribution is -2.45. The molecular formula is C9H16N4. The molecule has 4 heteroatoms. The molecular weight excluding hydrogens is 164 g/mol. The second-order valence-corrected chi connectivity index (χ2v) is 3.78. The first kappa shape index (κ1) is 8.56. The summed E-state index contributed by atoms with van der Waals surface area (Å²) in [6, 6.07) is 0. The second-order valence-electron chi connectivity index (χ2n) is 3.78. The molecule has 0 radical (unpaired) electrons. The summed E-state index contributed by atoms with van der Waals surface area (Å²) in [6.07, 6.45) is 3.10. The number of rotatable bonds is 3. The first-order valence-electron chi connectivity index (χ1n) is 4.79. The smallest absolute Gasteiger partial charge is 0.123 e. The van der Waals surface area contributed by atoms with Crippen LogP contribution in [0.25, 0.3) is 0 Å². The average molecular weight is 180 g/mol. The molecule has 0 atom stereocenters. The van der Waals surface area contributed by atoms with Gasteiger partial charge in [-0.2, -0.15) is 5.10 Å². The van der Waals surface area contributed by atoms with Crippen LogP contribution in [0, 0.1) is 5.92 Å². The molecule has 1 aliphatic rings. The van der Waals surface area contributed by atoms with Gasteiger partial charge in [0, 0.05) is 25.2 Å². The number of likely N-dealkylation sites (tertiary alicyclic amines) is 1. The van der Waals surface area contributed by atoms with Crippen molar-refractivity contribution in [2.45, 2.75) is 19.9 Å². The standard InChI is InChI=1S/C9H16N4/c1-2-7-4-13(5-7)6-8-3-11-12-9(8)10/h3,7H,2,4-6H2,1H3,(H3,10,11,12). The Balaban J connectivity index is 1.84. The van der Waals surface area contributed by atoms with Gasteiger partial charge in [0.05, 0.1) is 6.20 Å². The topological polar surface area (TPSA) is 57.9 Å². The van der Waals surface area contributed by atoms with Crippen LogP contribution in [0.4, 0.5) is 5.82 Å². The van der Waals surface area contributed by atoms with Gasteiger partial charge in [0.1, 0.15) is 5.82 Å². The molecule has 0 aromatic carbocycles. The van der Waals surface area contributed by atoms with Crippen LogP contribution in [0.15, 0.2) is 6.20 Å². The molecule has 0 spiro atoms. The third-order valence-electron chi connectivity index (χ3n) is 2.76. The number of hydrogen-bond acceptors (Lipinski definition) is 3.